The lowest BCUT2D eigenvalue weighted by Gasteiger charge is -2.08. The predicted octanol–water partition coefficient (Wildman–Crippen LogP) is 2.23. The third-order valence-electron chi connectivity index (χ3n) is 2.27. The summed E-state index contributed by atoms with van der Waals surface area (Å²) < 4.78 is 36.7. The van der Waals surface area contributed by atoms with Gasteiger partial charge >= 0.3 is 0 Å². The molecule has 0 saturated carbocycles. The second-order valence-electron chi connectivity index (χ2n) is 4.18. The van der Waals surface area contributed by atoms with Gasteiger partial charge in [0.05, 0.1) is 16.3 Å². The minimum atomic E-state index is -3.47. The number of nitrogens with two attached hydrogens (primary N) is 1. The Kier molecular flexibility index (Phi) is 3.91. The number of anilines is 1. The zero-order chi connectivity index (χ0) is 12.3. The van der Waals surface area contributed by atoms with Crippen LogP contribution in [-0.4, -0.2) is 14.2 Å². The number of rotatable bonds is 4. The quantitative estimate of drug-likeness (QED) is 0.827. The first-order valence-electron chi connectivity index (χ1n) is 5.10. The van der Waals surface area contributed by atoms with Crippen LogP contribution in [0.15, 0.2) is 23.1 Å². The van der Waals surface area contributed by atoms with Gasteiger partial charge in [0.25, 0.3) is 0 Å². The average Bonchev–Trinajstić information content (AvgIpc) is 2.19. The highest BCUT2D eigenvalue weighted by atomic mass is 32.2. The van der Waals surface area contributed by atoms with Crippen molar-refractivity contribution in [2.75, 3.05) is 11.5 Å². The fourth-order valence-electron chi connectivity index (χ4n) is 1.28. The molecule has 0 fully saturated rings. The summed E-state index contributed by atoms with van der Waals surface area (Å²) in [7, 11) is -3.47. The predicted molar refractivity (Wildman–Crippen MR) is 62.3 cm³/mol. The summed E-state index contributed by atoms with van der Waals surface area (Å²) in [5.74, 6) is -0.305. The molecule has 0 saturated heterocycles. The maximum absolute atomic E-state index is 13.0. The molecular formula is C11H16FNO2S. The maximum atomic E-state index is 13.0. The van der Waals surface area contributed by atoms with Crippen molar-refractivity contribution in [1.29, 1.82) is 0 Å². The fourth-order valence-corrected chi connectivity index (χ4v) is 3.00. The molecule has 5 heteroatoms. The van der Waals surface area contributed by atoms with E-state index in [9.17, 15) is 12.8 Å². The van der Waals surface area contributed by atoms with Gasteiger partial charge in [0.15, 0.2) is 9.84 Å². The molecule has 3 nitrogen and oxygen atoms in total. The maximum Gasteiger partial charge on any atom is 0.180 e. The van der Waals surface area contributed by atoms with Gasteiger partial charge in [0.2, 0.25) is 0 Å². The van der Waals surface area contributed by atoms with Gasteiger partial charge in [-0.15, -0.1) is 0 Å². The largest absolute Gasteiger partial charge is 0.398 e. The molecule has 0 bridgehead atoms. The van der Waals surface area contributed by atoms with Gasteiger partial charge in [0, 0.05) is 0 Å². The number of benzene rings is 1. The minimum Gasteiger partial charge on any atom is -0.398 e. The molecule has 0 amide bonds. The summed E-state index contributed by atoms with van der Waals surface area (Å²) in [6, 6.07) is 3.40. The van der Waals surface area contributed by atoms with E-state index in [0.29, 0.717) is 6.42 Å². The second-order valence-corrected chi connectivity index (χ2v) is 6.26. The molecule has 0 spiro atoms. The van der Waals surface area contributed by atoms with Crippen molar-refractivity contribution in [3.05, 3.63) is 24.0 Å². The van der Waals surface area contributed by atoms with Gasteiger partial charge in [-0.3, -0.25) is 0 Å². The van der Waals surface area contributed by atoms with Crippen LogP contribution in [0.3, 0.4) is 0 Å². The molecule has 1 aromatic rings. The van der Waals surface area contributed by atoms with Gasteiger partial charge in [-0.1, -0.05) is 13.8 Å². The van der Waals surface area contributed by atoms with Crippen LogP contribution in [0.4, 0.5) is 10.1 Å². The number of nitrogen functional groups attached to an aromatic ring is 1. The molecule has 0 aliphatic carbocycles. The van der Waals surface area contributed by atoms with Crippen molar-refractivity contribution in [3.8, 4) is 0 Å². The summed E-state index contributed by atoms with van der Waals surface area (Å²) in [6.07, 6.45) is 0.540. The molecule has 0 aromatic heterocycles. The zero-order valence-electron chi connectivity index (χ0n) is 9.40. The van der Waals surface area contributed by atoms with Crippen LogP contribution < -0.4 is 5.73 Å². The van der Waals surface area contributed by atoms with Crippen LogP contribution in [-0.2, 0) is 9.84 Å². The Morgan fingerprint density at radius 3 is 2.56 bits per heavy atom. The summed E-state index contributed by atoms with van der Waals surface area (Å²) in [4.78, 5) is -0.104. The van der Waals surface area contributed by atoms with Crippen molar-refractivity contribution >= 4 is 15.5 Å². The lowest BCUT2D eigenvalue weighted by Crippen LogP contribution is -2.11. The molecule has 1 rings (SSSR count). The van der Waals surface area contributed by atoms with Crippen molar-refractivity contribution in [2.45, 2.75) is 25.2 Å². The molecule has 2 N–H and O–H groups in total. The Balaban J connectivity index is 3.02. The van der Waals surface area contributed by atoms with E-state index in [1.54, 1.807) is 0 Å². The monoisotopic (exact) mass is 245 g/mol. The van der Waals surface area contributed by atoms with E-state index in [1.807, 2.05) is 13.8 Å². The van der Waals surface area contributed by atoms with Crippen LogP contribution in [0.25, 0.3) is 0 Å². The second kappa shape index (κ2) is 4.82. The summed E-state index contributed by atoms with van der Waals surface area (Å²) in [5, 5.41) is 0. The van der Waals surface area contributed by atoms with Crippen LogP contribution in [0, 0.1) is 11.7 Å². The Hall–Kier alpha value is -1.10. The van der Waals surface area contributed by atoms with E-state index >= 15 is 0 Å². The fraction of sp³-hybridized carbons (Fsp3) is 0.455. The van der Waals surface area contributed by atoms with Crippen LogP contribution in [0.5, 0.6) is 0 Å². The molecule has 0 radical (unpaired) electrons. The van der Waals surface area contributed by atoms with E-state index in [4.69, 9.17) is 5.73 Å². The standard InChI is InChI=1S/C11H16FNO2S/c1-8(2)5-6-16(14,15)11-7-9(12)3-4-10(11)13/h3-4,7-8H,5-6,13H2,1-2H3. The van der Waals surface area contributed by atoms with Gasteiger partial charge in [-0.2, -0.15) is 0 Å². The third-order valence-corrected chi connectivity index (χ3v) is 4.07. The Morgan fingerprint density at radius 2 is 2.00 bits per heavy atom. The van der Waals surface area contributed by atoms with Crippen molar-refractivity contribution < 1.29 is 12.8 Å². The first kappa shape index (κ1) is 13.0. The van der Waals surface area contributed by atoms with Gasteiger partial charge in [0.1, 0.15) is 5.82 Å². The SMILES string of the molecule is CC(C)CCS(=O)(=O)c1cc(F)ccc1N. The normalized spacial score (nSPS) is 12.0. The molecule has 0 unspecified atom stereocenters. The van der Waals surface area contributed by atoms with E-state index in [2.05, 4.69) is 0 Å². The molecule has 0 heterocycles. The molecule has 1 aromatic carbocycles. The molecule has 0 aliphatic rings. The topological polar surface area (TPSA) is 60.2 Å². The van der Waals surface area contributed by atoms with Gasteiger partial charge in [-0.05, 0) is 30.5 Å². The Labute approximate surface area is 95.4 Å². The van der Waals surface area contributed by atoms with E-state index in [0.717, 1.165) is 12.1 Å². The summed E-state index contributed by atoms with van der Waals surface area (Å²) in [6.45, 7) is 3.87. The van der Waals surface area contributed by atoms with E-state index < -0.39 is 15.7 Å². The Morgan fingerprint density at radius 1 is 1.38 bits per heavy atom. The van der Waals surface area contributed by atoms with E-state index in [1.165, 1.54) is 6.07 Å². The molecule has 0 aliphatic heterocycles. The molecule has 0 atom stereocenters. The first-order chi connectivity index (χ1) is 7.33. The van der Waals surface area contributed by atoms with Crippen molar-refractivity contribution in [1.82, 2.24) is 0 Å². The Bertz CT molecular complexity index is 469. The number of hydrogen-bond donors (Lipinski definition) is 1. The third kappa shape index (κ3) is 3.20. The van der Waals surface area contributed by atoms with Crippen molar-refractivity contribution in [2.24, 2.45) is 5.92 Å². The molecule has 16 heavy (non-hydrogen) atoms. The zero-order valence-corrected chi connectivity index (χ0v) is 10.2. The van der Waals surface area contributed by atoms with Gasteiger partial charge in [-0.25, -0.2) is 12.8 Å². The smallest absolute Gasteiger partial charge is 0.180 e. The van der Waals surface area contributed by atoms with Crippen LogP contribution in [0.2, 0.25) is 0 Å². The molecule has 90 valence electrons. The highest BCUT2D eigenvalue weighted by Crippen LogP contribution is 2.22. The average molecular weight is 245 g/mol. The van der Waals surface area contributed by atoms with E-state index in [-0.39, 0.29) is 22.3 Å². The van der Waals surface area contributed by atoms with Gasteiger partial charge < -0.3 is 5.73 Å². The number of halogens is 1. The van der Waals surface area contributed by atoms with Crippen LogP contribution in [0.1, 0.15) is 20.3 Å². The molecular weight excluding hydrogens is 229 g/mol. The highest BCUT2D eigenvalue weighted by molar-refractivity contribution is 7.91. The lowest BCUT2D eigenvalue weighted by atomic mass is 10.2. The first-order valence-corrected chi connectivity index (χ1v) is 6.76. The summed E-state index contributed by atoms with van der Waals surface area (Å²) in [5.41, 5.74) is 5.64. The van der Waals surface area contributed by atoms with Crippen molar-refractivity contribution in [3.63, 3.8) is 0 Å². The highest BCUT2D eigenvalue weighted by Gasteiger charge is 2.18. The summed E-state index contributed by atoms with van der Waals surface area (Å²) >= 11 is 0. The number of sulfone groups is 1. The minimum absolute atomic E-state index is 0.00167. The number of hydrogen-bond acceptors (Lipinski definition) is 3. The van der Waals surface area contributed by atoms with Crippen LogP contribution >= 0.6 is 0 Å². The lowest BCUT2D eigenvalue weighted by molar-refractivity contribution is 0.571.